The lowest BCUT2D eigenvalue weighted by molar-refractivity contribution is -0.384. The molecule has 154 valence electrons. The first kappa shape index (κ1) is 19.8. The van der Waals surface area contributed by atoms with Gasteiger partial charge in [0.25, 0.3) is 5.69 Å². The fourth-order valence-corrected chi connectivity index (χ4v) is 4.28. The van der Waals surface area contributed by atoms with Gasteiger partial charge < -0.3 is 15.0 Å². The number of ether oxygens (including phenoxy) is 1. The minimum atomic E-state index is -0.589. The van der Waals surface area contributed by atoms with Crippen LogP contribution in [0.2, 0.25) is 0 Å². The Bertz CT molecular complexity index is 1180. The number of benzene rings is 2. The van der Waals surface area contributed by atoms with Crippen molar-refractivity contribution in [3.05, 3.63) is 51.5 Å². The van der Waals surface area contributed by atoms with Crippen LogP contribution in [-0.2, 0) is 9.59 Å². The highest BCUT2D eigenvalue weighted by atomic mass is 32.1. The normalized spacial score (nSPS) is 16.1. The zero-order chi connectivity index (χ0) is 21.4. The lowest BCUT2D eigenvalue weighted by Gasteiger charge is -2.17. The average molecular weight is 426 g/mol. The average Bonchev–Trinajstić information content (AvgIpc) is 3.28. The monoisotopic (exact) mass is 426 g/mol. The predicted molar refractivity (Wildman–Crippen MR) is 113 cm³/mol. The van der Waals surface area contributed by atoms with Gasteiger partial charge in [-0.2, -0.15) is 0 Å². The molecule has 1 fully saturated rings. The second-order valence-electron chi connectivity index (χ2n) is 6.92. The molecule has 0 aliphatic carbocycles. The molecular weight excluding hydrogens is 408 g/mol. The van der Waals surface area contributed by atoms with Crippen LogP contribution in [0.5, 0.6) is 5.75 Å². The third-order valence-corrected chi connectivity index (χ3v) is 5.89. The van der Waals surface area contributed by atoms with Gasteiger partial charge in [-0.1, -0.05) is 0 Å². The Balaban J connectivity index is 1.53. The molecule has 0 saturated carbocycles. The molecule has 1 aliphatic heterocycles. The highest BCUT2D eigenvalue weighted by Crippen LogP contribution is 2.32. The molecule has 30 heavy (non-hydrogen) atoms. The summed E-state index contributed by atoms with van der Waals surface area (Å²) in [6, 6.07) is 9.58. The van der Waals surface area contributed by atoms with Crippen LogP contribution < -0.4 is 15.0 Å². The third kappa shape index (κ3) is 3.69. The largest absolute Gasteiger partial charge is 0.495 e. The molecule has 1 saturated heterocycles. The second kappa shape index (κ2) is 7.71. The Morgan fingerprint density at radius 3 is 2.87 bits per heavy atom. The fourth-order valence-electron chi connectivity index (χ4n) is 3.47. The van der Waals surface area contributed by atoms with Crippen molar-refractivity contribution < 1.29 is 19.2 Å². The number of hydrogen-bond donors (Lipinski definition) is 1. The summed E-state index contributed by atoms with van der Waals surface area (Å²) in [7, 11) is 1.41. The van der Waals surface area contributed by atoms with Crippen molar-refractivity contribution in [2.45, 2.75) is 13.3 Å². The minimum absolute atomic E-state index is 0.0528. The highest BCUT2D eigenvalue weighted by molar-refractivity contribution is 7.18. The zero-order valence-corrected chi connectivity index (χ0v) is 17.1. The summed E-state index contributed by atoms with van der Waals surface area (Å²) in [5.74, 6) is -0.837. The topological polar surface area (TPSA) is 115 Å². The number of methoxy groups -OCH3 is 1. The molecule has 1 atom stereocenters. The van der Waals surface area contributed by atoms with E-state index in [0.717, 1.165) is 15.2 Å². The molecule has 0 spiro atoms. The van der Waals surface area contributed by atoms with Gasteiger partial charge >= 0.3 is 0 Å². The number of nitrogens with one attached hydrogen (secondary N) is 1. The van der Waals surface area contributed by atoms with Crippen molar-refractivity contribution in [1.82, 2.24) is 4.98 Å². The number of aryl methyl sites for hydroxylation is 1. The van der Waals surface area contributed by atoms with Crippen molar-refractivity contribution in [1.29, 1.82) is 0 Å². The predicted octanol–water partition coefficient (Wildman–Crippen LogP) is 3.51. The van der Waals surface area contributed by atoms with E-state index in [2.05, 4.69) is 10.3 Å². The number of nitro groups is 1. The number of carbonyl (C=O) groups excluding carboxylic acids is 2. The van der Waals surface area contributed by atoms with Gasteiger partial charge in [-0.05, 0) is 31.2 Å². The molecule has 2 amide bonds. The summed E-state index contributed by atoms with van der Waals surface area (Å²) >= 11 is 1.58. The molecule has 3 aromatic rings. The van der Waals surface area contributed by atoms with Crippen LogP contribution in [0, 0.1) is 23.0 Å². The molecule has 2 aromatic carbocycles. The van der Waals surface area contributed by atoms with E-state index in [1.165, 1.54) is 25.3 Å². The Kier molecular flexibility index (Phi) is 5.08. The number of carbonyl (C=O) groups is 2. The minimum Gasteiger partial charge on any atom is -0.495 e. The standard InChI is InChI=1S/C20H18N4O5S/c1-11-21-16-8-13(4-6-18(16)30-11)23-10-12(7-19(23)25)20(26)22-15-9-14(24(27)28)3-5-17(15)29-2/h3-6,8-9,12H,7,10H2,1-2H3,(H,22,26). The number of nitrogens with zero attached hydrogens (tertiary/aromatic N) is 3. The van der Waals surface area contributed by atoms with E-state index in [1.807, 2.05) is 25.1 Å². The van der Waals surface area contributed by atoms with Gasteiger partial charge in [0.15, 0.2) is 0 Å². The molecule has 10 heteroatoms. The number of nitro benzene ring substituents is 1. The number of amides is 2. The maximum atomic E-state index is 12.8. The van der Waals surface area contributed by atoms with Gasteiger partial charge in [0.2, 0.25) is 11.8 Å². The summed E-state index contributed by atoms with van der Waals surface area (Å²) in [4.78, 5) is 41.8. The molecule has 1 N–H and O–H groups in total. The van der Waals surface area contributed by atoms with E-state index in [1.54, 1.807) is 16.2 Å². The maximum Gasteiger partial charge on any atom is 0.271 e. The molecule has 2 heterocycles. The SMILES string of the molecule is COc1ccc([N+](=O)[O-])cc1NC(=O)C1CC(=O)N(c2ccc3sc(C)nc3c2)C1. The van der Waals surface area contributed by atoms with Crippen LogP contribution in [-0.4, -0.2) is 35.4 Å². The molecule has 1 aromatic heterocycles. The zero-order valence-electron chi connectivity index (χ0n) is 16.2. The molecular formula is C20H18N4O5S. The van der Waals surface area contributed by atoms with Crippen molar-refractivity contribution >= 4 is 50.4 Å². The fraction of sp³-hybridized carbons (Fsp3) is 0.250. The van der Waals surface area contributed by atoms with Crippen LogP contribution in [0.15, 0.2) is 36.4 Å². The number of fused-ring (bicyclic) bond motifs is 1. The van der Waals surface area contributed by atoms with E-state index in [-0.39, 0.29) is 30.2 Å². The number of aromatic nitrogens is 1. The van der Waals surface area contributed by atoms with Gasteiger partial charge in [0.05, 0.1) is 38.9 Å². The third-order valence-electron chi connectivity index (χ3n) is 4.94. The van der Waals surface area contributed by atoms with Gasteiger partial charge in [0.1, 0.15) is 5.75 Å². The van der Waals surface area contributed by atoms with E-state index >= 15 is 0 Å². The molecule has 9 nitrogen and oxygen atoms in total. The number of non-ortho nitro benzene ring substituents is 1. The lowest BCUT2D eigenvalue weighted by Crippen LogP contribution is -2.28. The Morgan fingerprint density at radius 1 is 1.33 bits per heavy atom. The first-order chi connectivity index (χ1) is 14.4. The van der Waals surface area contributed by atoms with Crippen molar-refractivity contribution in [2.24, 2.45) is 5.92 Å². The molecule has 1 unspecified atom stereocenters. The van der Waals surface area contributed by atoms with Crippen LogP contribution >= 0.6 is 11.3 Å². The first-order valence-electron chi connectivity index (χ1n) is 9.16. The van der Waals surface area contributed by atoms with E-state index < -0.39 is 16.7 Å². The molecule has 0 bridgehead atoms. The van der Waals surface area contributed by atoms with Crippen molar-refractivity contribution in [3.63, 3.8) is 0 Å². The maximum absolute atomic E-state index is 12.8. The van der Waals surface area contributed by atoms with Gasteiger partial charge in [-0.3, -0.25) is 19.7 Å². The Hall–Kier alpha value is -3.53. The van der Waals surface area contributed by atoms with E-state index in [4.69, 9.17) is 4.74 Å². The van der Waals surface area contributed by atoms with Gasteiger partial charge in [-0.25, -0.2) is 4.98 Å². The Labute approximate surface area is 175 Å². The highest BCUT2D eigenvalue weighted by Gasteiger charge is 2.35. The smallest absolute Gasteiger partial charge is 0.271 e. The molecule has 1 aliphatic rings. The van der Waals surface area contributed by atoms with Crippen LogP contribution in [0.25, 0.3) is 10.2 Å². The summed E-state index contributed by atoms with van der Waals surface area (Å²) in [6.07, 6.45) is 0.0528. The summed E-state index contributed by atoms with van der Waals surface area (Å²) in [5, 5.41) is 14.6. The second-order valence-corrected chi connectivity index (χ2v) is 8.16. The number of anilines is 2. The first-order valence-corrected chi connectivity index (χ1v) is 9.98. The van der Waals surface area contributed by atoms with Crippen molar-refractivity contribution in [3.8, 4) is 5.75 Å². The summed E-state index contributed by atoms with van der Waals surface area (Å²) < 4.78 is 6.21. The lowest BCUT2D eigenvalue weighted by atomic mass is 10.1. The Morgan fingerprint density at radius 2 is 2.13 bits per heavy atom. The molecule has 4 rings (SSSR count). The van der Waals surface area contributed by atoms with Crippen LogP contribution in [0.3, 0.4) is 0 Å². The van der Waals surface area contributed by atoms with E-state index in [9.17, 15) is 19.7 Å². The summed E-state index contributed by atoms with van der Waals surface area (Å²) in [6.45, 7) is 2.14. The van der Waals surface area contributed by atoms with Crippen LogP contribution in [0.4, 0.5) is 17.1 Å². The van der Waals surface area contributed by atoms with E-state index in [0.29, 0.717) is 11.4 Å². The quantitative estimate of drug-likeness (QED) is 0.493. The summed E-state index contributed by atoms with van der Waals surface area (Å²) in [5.41, 5.74) is 1.54. The van der Waals surface area contributed by atoms with Gasteiger partial charge in [0, 0.05) is 30.8 Å². The van der Waals surface area contributed by atoms with Gasteiger partial charge in [-0.15, -0.1) is 11.3 Å². The molecule has 0 radical (unpaired) electrons. The number of thiazole rings is 1. The van der Waals surface area contributed by atoms with Crippen molar-refractivity contribution in [2.75, 3.05) is 23.9 Å². The van der Waals surface area contributed by atoms with Crippen LogP contribution in [0.1, 0.15) is 11.4 Å². The number of hydrogen-bond acceptors (Lipinski definition) is 7. The number of rotatable bonds is 5.